The van der Waals surface area contributed by atoms with Crippen molar-refractivity contribution in [1.29, 1.82) is 0 Å². The second kappa shape index (κ2) is 9.00. The Hall–Kier alpha value is -0.260. The lowest BCUT2D eigenvalue weighted by atomic mass is 9.90. The minimum atomic E-state index is 0.845. The zero-order valence-corrected chi connectivity index (χ0v) is 11.5. The van der Waals surface area contributed by atoms with Gasteiger partial charge >= 0.3 is 0 Å². The van der Waals surface area contributed by atoms with Gasteiger partial charge in [0.15, 0.2) is 0 Å². The Labute approximate surface area is 97.2 Å². The van der Waals surface area contributed by atoms with Crippen LogP contribution in [0, 0.1) is 11.8 Å². The highest BCUT2D eigenvalue weighted by Gasteiger charge is 2.07. The van der Waals surface area contributed by atoms with Crippen LogP contribution >= 0.6 is 0 Å². The predicted molar refractivity (Wildman–Crippen MR) is 71.1 cm³/mol. The van der Waals surface area contributed by atoms with Gasteiger partial charge in [-0.25, -0.2) is 0 Å². The Morgan fingerprint density at radius 2 is 1.67 bits per heavy atom. The molecule has 0 saturated heterocycles. The summed E-state index contributed by atoms with van der Waals surface area (Å²) in [6.07, 6.45) is 10.5. The topological polar surface area (TPSA) is 0 Å². The first-order chi connectivity index (χ1) is 7.11. The summed E-state index contributed by atoms with van der Waals surface area (Å²) in [7, 11) is 0. The Balaban J connectivity index is 3.75. The normalized spacial score (nSPS) is 14.7. The molecule has 0 aliphatic heterocycles. The van der Waals surface area contributed by atoms with Gasteiger partial charge in [0.25, 0.3) is 0 Å². The van der Waals surface area contributed by atoms with Crippen molar-refractivity contribution in [3.63, 3.8) is 0 Å². The molecule has 0 aliphatic rings. The highest BCUT2D eigenvalue weighted by atomic mass is 14.1. The van der Waals surface area contributed by atoms with Gasteiger partial charge in [0.1, 0.15) is 0 Å². The molecule has 1 unspecified atom stereocenters. The lowest BCUT2D eigenvalue weighted by molar-refractivity contribution is 0.468. The van der Waals surface area contributed by atoms with Crippen molar-refractivity contribution in [3.05, 3.63) is 11.6 Å². The second-order valence-electron chi connectivity index (χ2n) is 5.14. The van der Waals surface area contributed by atoms with Gasteiger partial charge in [-0.3, -0.25) is 0 Å². The van der Waals surface area contributed by atoms with Gasteiger partial charge < -0.3 is 0 Å². The molecule has 0 aliphatic carbocycles. The molecule has 0 heteroatoms. The van der Waals surface area contributed by atoms with Crippen LogP contribution in [0.3, 0.4) is 0 Å². The molecule has 0 bridgehead atoms. The molecule has 90 valence electrons. The summed E-state index contributed by atoms with van der Waals surface area (Å²) in [5.41, 5.74) is 1.62. The summed E-state index contributed by atoms with van der Waals surface area (Å²) in [6, 6.07) is 0. The van der Waals surface area contributed by atoms with Crippen molar-refractivity contribution in [2.75, 3.05) is 0 Å². The van der Waals surface area contributed by atoms with Crippen LogP contribution in [0.4, 0.5) is 0 Å². The van der Waals surface area contributed by atoms with Gasteiger partial charge in [0, 0.05) is 0 Å². The third-order valence-corrected chi connectivity index (χ3v) is 3.25. The van der Waals surface area contributed by atoms with E-state index in [1.807, 2.05) is 0 Å². The molecule has 0 aromatic rings. The van der Waals surface area contributed by atoms with Crippen molar-refractivity contribution >= 4 is 0 Å². The lowest BCUT2D eigenvalue weighted by Crippen LogP contribution is -2.01. The standard InChI is InChI=1S/C15H30/c1-6-10-14(5)15(7-2)12-9-8-11-13(3)4/h10,13,15H,6-9,11-12H2,1-5H3. The van der Waals surface area contributed by atoms with Gasteiger partial charge in [-0.05, 0) is 38.0 Å². The maximum atomic E-state index is 2.40. The van der Waals surface area contributed by atoms with Crippen LogP contribution < -0.4 is 0 Å². The van der Waals surface area contributed by atoms with Crippen LogP contribution in [-0.2, 0) is 0 Å². The smallest absolute Gasteiger partial charge is 0.0209 e. The third-order valence-electron chi connectivity index (χ3n) is 3.25. The summed E-state index contributed by atoms with van der Waals surface area (Å²) < 4.78 is 0. The SMILES string of the molecule is CCC=C(C)C(CC)CCCCC(C)C. The monoisotopic (exact) mass is 210 g/mol. The molecule has 0 amide bonds. The van der Waals surface area contributed by atoms with Crippen molar-refractivity contribution < 1.29 is 0 Å². The third kappa shape index (κ3) is 7.64. The molecule has 0 saturated carbocycles. The van der Waals surface area contributed by atoms with Crippen LogP contribution in [0.15, 0.2) is 11.6 Å². The molecule has 0 heterocycles. The summed E-state index contributed by atoms with van der Waals surface area (Å²) in [5, 5.41) is 0. The summed E-state index contributed by atoms with van der Waals surface area (Å²) in [4.78, 5) is 0. The molecule has 0 nitrogen and oxygen atoms in total. The van der Waals surface area contributed by atoms with Crippen molar-refractivity contribution in [2.45, 2.75) is 73.1 Å². The Kier molecular flexibility index (Phi) is 8.85. The molecule has 0 aromatic carbocycles. The number of rotatable bonds is 8. The van der Waals surface area contributed by atoms with E-state index in [4.69, 9.17) is 0 Å². The van der Waals surface area contributed by atoms with E-state index < -0.39 is 0 Å². The number of allylic oxidation sites excluding steroid dienone is 2. The largest absolute Gasteiger partial charge is 0.0856 e. The van der Waals surface area contributed by atoms with E-state index in [0.29, 0.717) is 0 Å². The minimum absolute atomic E-state index is 0.845. The van der Waals surface area contributed by atoms with Crippen molar-refractivity contribution in [2.24, 2.45) is 11.8 Å². The van der Waals surface area contributed by atoms with E-state index >= 15 is 0 Å². The molecular formula is C15H30. The molecule has 0 spiro atoms. The van der Waals surface area contributed by atoms with E-state index in [0.717, 1.165) is 11.8 Å². The zero-order chi connectivity index (χ0) is 11.7. The Morgan fingerprint density at radius 3 is 2.13 bits per heavy atom. The number of hydrogen-bond acceptors (Lipinski definition) is 0. The summed E-state index contributed by atoms with van der Waals surface area (Å²) in [5.74, 6) is 1.72. The van der Waals surface area contributed by atoms with Crippen LogP contribution in [-0.4, -0.2) is 0 Å². The first-order valence-corrected chi connectivity index (χ1v) is 6.78. The number of hydrogen-bond donors (Lipinski definition) is 0. The van der Waals surface area contributed by atoms with Gasteiger partial charge in [-0.1, -0.05) is 58.6 Å². The predicted octanol–water partition coefficient (Wildman–Crippen LogP) is 5.59. The summed E-state index contributed by atoms with van der Waals surface area (Å²) >= 11 is 0. The highest BCUT2D eigenvalue weighted by Crippen LogP contribution is 2.22. The van der Waals surface area contributed by atoms with E-state index in [9.17, 15) is 0 Å². The van der Waals surface area contributed by atoms with Crippen LogP contribution in [0.25, 0.3) is 0 Å². The first kappa shape index (κ1) is 14.7. The molecule has 0 radical (unpaired) electrons. The molecule has 0 N–H and O–H groups in total. The second-order valence-corrected chi connectivity index (χ2v) is 5.14. The average Bonchev–Trinajstić information content (AvgIpc) is 2.17. The highest BCUT2D eigenvalue weighted by molar-refractivity contribution is 5.02. The van der Waals surface area contributed by atoms with E-state index in [-0.39, 0.29) is 0 Å². The Bertz CT molecular complexity index is 165. The zero-order valence-electron chi connectivity index (χ0n) is 11.5. The summed E-state index contributed by atoms with van der Waals surface area (Å²) in [6.45, 7) is 11.5. The maximum Gasteiger partial charge on any atom is -0.0209 e. The maximum absolute atomic E-state index is 2.40. The van der Waals surface area contributed by atoms with Gasteiger partial charge in [0.2, 0.25) is 0 Å². The molecule has 15 heavy (non-hydrogen) atoms. The lowest BCUT2D eigenvalue weighted by Gasteiger charge is -2.16. The minimum Gasteiger partial charge on any atom is -0.0856 e. The number of unbranched alkanes of at least 4 members (excludes halogenated alkanes) is 1. The van der Waals surface area contributed by atoms with E-state index in [2.05, 4.69) is 40.7 Å². The van der Waals surface area contributed by atoms with Gasteiger partial charge in [-0.2, -0.15) is 0 Å². The molecular weight excluding hydrogens is 180 g/mol. The van der Waals surface area contributed by atoms with Crippen LogP contribution in [0.2, 0.25) is 0 Å². The van der Waals surface area contributed by atoms with Crippen molar-refractivity contribution in [3.8, 4) is 0 Å². The van der Waals surface area contributed by atoms with E-state index in [1.54, 1.807) is 5.57 Å². The molecule has 0 fully saturated rings. The van der Waals surface area contributed by atoms with Gasteiger partial charge in [-0.15, -0.1) is 0 Å². The molecule has 1 atom stereocenters. The van der Waals surface area contributed by atoms with Crippen LogP contribution in [0.5, 0.6) is 0 Å². The van der Waals surface area contributed by atoms with Crippen LogP contribution in [0.1, 0.15) is 73.1 Å². The fraction of sp³-hybridized carbons (Fsp3) is 0.867. The quantitative estimate of drug-likeness (QED) is 0.362. The molecule has 0 aromatic heterocycles. The molecule has 0 rings (SSSR count). The van der Waals surface area contributed by atoms with Crippen molar-refractivity contribution in [1.82, 2.24) is 0 Å². The van der Waals surface area contributed by atoms with E-state index in [1.165, 1.54) is 38.5 Å². The fourth-order valence-corrected chi connectivity index (χ4v) is 2.19. The van der Waals surface area contributed by atoms with Gasteiger partial charge in [0.05, 0.1) is 0 Å². The fourth-order valence-electron chi connectivity index (χ4n) is 2.19. The average molecular weight is 210 g/mol. The Morgan fingerprint density at radius 1 is 1.07 bits per heavy atom. The first-order valence-electron chi connectivity index (χ1n) is 6.78.